The quantitative estimate of drug-likeness (QED) is 0.413. The third kappa shape index (κ3) is 6.13. The number of amides is 1. The summed E-state index contributed by atoms with van der Waals surface area (Å²) in [4.78, 5) is 26.8. The summed E-state index contributed by atoms with van der Waals surface area (Å²) in [6, 6.07) is 15.2. The maximum absolute atomic E-state index is 12.5. The first-order valence-corrected chi connectivity index (χ1v) is 9.85. The van der Waals surface area contributed by atoms with E-state index in [2.05, 4.69) is 25.8 Å². The lowest BCUT2D eigenvalue weighted by Gasteiger charge is -2.12. The summed E-state index contributed by atoms with van der Waals surface area (Å²) in [6.07, 6.45) is 1.64. The highest BCUT2D eigenvalue weighted by Crippen LogP contribution is 2.17. The van der Waals surface area contributed by atoms with Gasteiger partial charge in [-0.25, -0.2) is 10.5 Å². The van der Waals surface area contributed by atoms with E-state index >= 15 is 0 Å². The molecular formula is C21H22N4O3S. The number of hydrogen-bond acceptors (Lipinski definition) is 7. The fourth-order valence-electron chi connectivity index (χ4n) is 2.57. The lowest BCUT2D eigenvalue weighted by Crippen LogP contribution is -2.24. The van der Waals surface area contributed by atoms with Gasteiger partial charge in [-0.2, -0.15) is 0 Å². The van der Waals surface area contributed by atoms with Crippen molar-refractivity contribution in [2.75, 3.05) is 12.4 Å². The molecule has 1 heterocycles. The molecule has 0 atom stereocenters. The van der Waals surface area contributed by atoms with Gasteiger partial charge in [-0.1, -0.05) is 41.6 Å². The number of nitrogens with one attached hydrogen (secondary N) is 2. The molecule has 1 amide bonds. The Balaban J connectivity index is 1.56. The molecule has 29 heavy (non-hydrogen) atoms. The minimum absolute atomic E-state index is 0.227. The number of carbonyl (C=O) groups is 1. The number of hydroxylamine groups is 1. The van der Waals surface area contributed by atoms with Crippen LogP contribution in [0.25, 0.3) is 0 Å². The van der Waals surface area contributed by atoms with Crippen molar-refractivity contribution in [3.8, 4) is 0 Å². The SMILES string of the molecule is CON=Cc1ccc(CNc2ccccc2C(=O)NOCc2csc(C)n2)cc1. The Morgan fingerprint density at radius 3 is 2.72 bits per heavy atom. The highest BCUT2D eigenvalue weighted by molar-refractivity contribution is 7.09. The number of aromatic nitrogens is 1. The van der Waals surface area contributed by atoms with Crippen LogP contribution in [0.2, 0.25) is 0 Å². The van der Waals surface area contributed by atoms with Gasteiger partial charge in [-0.15, -0.1) is 11.3 Å². The molecule has 2 N–H and O–H groups in total. The van der Waals surface area contributed by atoms with Crippen molar-refractivity contribution in [3.05, 3.63) is 81.3 Å². The van der Waals surface area contributed by atoms with Crippen LogP contribution in [0.5, 0.6) is 0 Å². The number of rotatable bonds is 9. The first kappa shape index (κ1) is 20.5. The smallest absolute Gasteiger partial charge is 0.276 e. The van der Waals surface area contributed by atoms with E-state index in [0.29, 0.717) is 12.1 Å². The molecule has 0 bridgehead atoms. The van der Waals surface area contributed by atoms with Crippen molar-refractivity contribution in [1.29, 1.82) is 0 Å². The van der Waals surface area contributed by atoms with Gasteiger partial charge in [-0.05, 0) is 30.2 Å². The Kier molecular flexibility index (Phi) is 7.32. The first-order valence-electron chi connectivity index (χ1n) is 8.97. The second kappa shape index (κ2) is 10.4. The summed E-state index contributed by atoms with van der Waals surface area (Å²) in [6.45, 7) is 2.73. The summed E-state index contributed by atoms with van der Waals surface area (Å²) in [5, 5.41) is 9.91. The fraction of sp³-hybridized carbons (Fsp3) is 0.190. The molecule has 0 fully saturated rings. The third-order valence-electron chi connectivity index (χ3n) is 3.99. The molecule has 0 radical (unpaired) electrons. The van der Waals surface area contributed by atoms with E-state index in [9.17, 15) is 4.79 Å². The molecule has 8 heteroatoms. The molecule has 0 aliphatic heterocycles. The number of anilines is 1. The standard InChI is InChI=1S/C21H22N4O3S/c1-15-24-18(14-29-15)13-28-25-21(26)19-5-3-4-6-20(19)22-11-16-7-9-17(10-8-16)12-23-27-2/h3-10,12,14,22H,11,13H2,1-2H3,(H,25,26). The van der Waals surface area contributed by atoms with E-state index in [0.717, 1.165) is 27.5 Å². The van der Waals surface area contributed by atoms with E-state index in [4.69, 9.17) is 4.84 Å². The lowest BCUT2D eigenvalue weighted by molar-refractivity contribution is 0.0224. The van der Waals surface area contributed by atoms with Crippen molar-refractivity contribution >= 4 is 29.1 Å². The van der Waals surface area contributed by atoms with Crippen LogP contribution in [0.4, 0.5) is 5.69 Å². The van der Waals surface area contributed by atoms with Crippen LogP contribution in [-0.4, -0.2) is 24.2 Å². The lowest BCUT2D eigenvalue weighted by atomic mass is 10.1. The molecule has 0 aliphatic carbocycles. The predicted octanol–water partition coefficient (Wildman–Crippen LogP) is 3.91. The normalized spacial score (nSPS) is 10.8. The van der Waals surface area contributed by atoms with E-state index < -0.39 is 0 Å². The highest BCUT2D eigenvalue weighted by atomic mass is 32.1. The number of benzene rings is 2. The van der Waals surface area contributed by atoms with E-state index in [1.165, 1.54) is 7.11 Å². The van der Waals surface area contributed by atoms with Crippen molar-refractivity contribution in [1.82, 2.24) is 10.5 Å². The zero-order chi connectivity index (χ0) is 20.5. The van der Waals surface area contributed by atoms with Crippen molar-refractivity contribution < 1.29 is 14.5 Å². The molecule has 1 aromatic heterocycles. The Labute approximate surface area is 173 Å². The van der Waals surface area contributed by atoms with Gasteiger partial charge in [0.2, 0.25) is 0 Å². The second-order valence-electron chi connectivity index (χ2n) is 6.14. The Morgan fingerprint density at radius 1 is 1.21 bits per heavy atom. The maximum atomic E-state index is 12.5. The van der Waals surface area contributed by atoms with Crippen molar-refractivity contribution in [2.24, 2.45) is 5.16 Å². The number of hydrogen-bond donors (Lipinski definition) is 2. The summed E-state index contributed by atoms with van der Waals surface area (Å²) in [5.41, 5.74) is 6.52. The van der Waals surface area contributed by atoms with E-state index in [-0.39, 0.29) is 12.5 Å². The van der Waals surface area contributed by atoms with E-state index in [1.54, 1.807) is 23.6 Å². The average Bonchev–Trinajstić information content (AvgIpc) is 3.16. The summed E-state index contributed by atoms with van der Waals surface area (Å²) in [7, 11) is 1.51. The third-order valence-corrected chi connectivity index (χ3v) is 4.82. The molecule has 3 aromatic rings. The van der Waals surface area contributed by atoms with Crippen molar-refractivity contribution in [3.63, 3.8) is 0 Å². The largest absolute Gasteiger partial charge is 0.399 e. The fourth-order valence-corrected chi connectivity index (χ4v) is 3.17. The summed E-state index contributed by atoms with van der Waals surface area (Å²) >= 11 is 1.54. The molecule has 0 spiro atoms. The minimum Gasteiger partial charge on any atom is -0.399 e. The first-order chi connectivity index (χ1) is 14.2. The molecule has 3 rings (SSSR count). The average molecular weight is 410 g/mol. The topological polar surface area (TPSA) is 84.8 Å². The second-order valence-corrected chi connectivity index (χ2v) is 7.20. The number of para-hydroxylation sites is 1. The zero-order valence-corrected chi connectivity index (χ0v) is 17.0. The number of nitrogens with zero attached hydrogens (tertiary/aromatic N) is 2. The van der Waals surface area contributed by atoms with Gasteiger partial charge < -0.3 is 10.2 Å². The Hall–Kier alpha value is -3.23. The van der Waals surface area contributed by atoms with Gasteiger partial charge in [0, 0.05) is 17.6 Å². The summed E-state index contributed by atoms with van der Waals surface area (Å²) < 4.78 is 0. The molecule has 0 unspecified atom stereocenters. The number of carbonyl (C=O) groups excluding carboxylic acids is 1. The Bertz CT molecular complexity index is 970. The highest BCUT2D eigenvalue weighted by Gasteiger charge is 2.11. The van der Waals surface area contributed by atoms with Gasteiger partial charge in [0.1, 0.15) is 13.7 Å². The monoisotopic (exact) mass is 410 g/mol. The van der Waals surface area contributed by atoms with Crippen LogP contribution in [0.15, 0.2) is 59.1 Å². The van der Waals surface area contributed by atoms with Crippen LogP contribution in [-0.2, 0) is 22.8 Å². The predicted molar refractivity (Wildman–Crippen MR) is 114 cm³/mol. The van der Waals surface area contributed by atoms with Crippen LogP contribution in [0.3, 0.4) is 0 Å². The zero-order valence-electron chi connectivity index (χ0n) is 16.2. The minimum atomic E-state index is -0.314. The summed E-state index contributed by atoms with van der Waals surface area (Å²) in [5.74, 6) is -0.314. The molecule has 0 saturated carbocycles. The van der Waals surface area contributed by atoms with Gasteiger partial charge in [0.15, 0.2) is 0 Å². The van der Waals surface area contributed by atoms with Crippen LogP contribution >= 0.6 is 11.3 Å². The number of aryl methyl sites for hydroxylation is 1. The molecule has 0 saturated heterocycles. The Morgan fingerprint density at radius 2 is 2.00 bits per heavy atom. The molecular weight excluding hydrogens is 388 g/mol. The van der Waals surface area contributed by atoms with Gasteiger partial charge in [0.05, 0.1) is 22.5 Å². The van der Waals surface area contributed by atoms with Gasteiger partial charge >= 0.3 is 0 Å². The van der Waals surface area contributed by atoms with Gasteiger partial charge in [0.25, 0.3) is 5.91 Å². The molecule has 0 aliphatic rings. The van der Waals surface area contributed by atoms with Crippen molar-refractivity contribution in [2.45, 2.75) is 20.1 Å². The van der Waals surface area contributed by atoms with Crippen LogP contribution in [0, 0.1) is 6.92 Å². The number of thiazole rings is 1. The molecule has 150 valence electrons. The van der Waals surface area contributed by atoms with Gasteiger partial charge in [-0.3, -0.25) is 9.63 Å². The molecule has 2 aromatic carbocycles. The van der Waals surface area contributed by atoms with Crippen LogP contribution in [0.1, 0.15) is 32.2 Å². The maximum Gasteiger partial charge on any atom is 0.276 e. The van der Waals surface area contributed by atoms with E-state index in [1.807, 2.05) is 54.8 Å². The number of oxime groups is 1. The van der Waals surface area contributed by atoms with Crippen LogP contribution < -0.4 is 10.8 Å². The molecule has 7 nitrogen and oxygen atoms in total.